The average Bonchev–Trinajstić information content (AvgIpc) is 2.89. The van der Waals surface area contributed by atoms with Gasteiger partial charge in [-0.25, -0.2) is 0 Å². The molecule has 0 spiro atoms. The van der Waals surface area contributed by atoms with E-state index < -0.39 is 5.41 Å². The number of fused-ring (bicyclic) bond motifs is 5. The highest BCUT2D eigenvalue weighted by atomic mass is 79.9. The molecule has 24 heavy (non-hydrogen) atoms. The standard InChI is InChI=1S/C20H25BrO3/c1-19-8-7-16-14(15(19)4-5-17(19)23)3-2-12-10-13(22)6-9-20(12,16)18(24)11-21/h10,14-16H,2-9,11H2,1H3/t14-,15-,16-,19-,20?/m0/s1. The number of carbonyl (C=O) groups is 3. The molecule has 4 rings (SSSR count). The molecule has 3 saturated carbocycles. The second kappa shape index (κ2) is 5.62. The minimum atomic E-state index is -0.437. The summed E-state index contributed by atoms with van der Waals surface area (Å²) in [6.45, 7) is 2.16. The Morgan fingerprint density at radius 1 is 1.12 bits per heavy atom. The van der Waals surface area contributed by atoms with Crippen LogP contribution in [0.5, 0.6) is 0 Å². The van der Waals surface area contributed by atoms with Crippen LogP contribution in [0.2, 0.25) is 0 Å². The average molecular weight is 393 g/mol. The summed E-state index contributed by atoms with van der Waals surface area (Å²) in [5.74, 6) is 2.08. The number of rotatable bonds is 2. The third kappa shape index (κ3) is 2.04. The van der Waals surface area contributed by atoms with Gasteiger partial charge in [-0.05, 0) is 62.4 Å². The van der Waals surface area contributed by atoms with E-state index in [4.69, 9.17) is 0 Å². The molecule has 130 valence electrons. The van der Waals surface area contributed by atoms with Crippen molar-refractivity contribution in [3.8, 4) is 0 Å². The molecule has 0 heterocycles. The number of hydrogen-bond donors (Lipinski definition) is 0. The van der Waals surface area contributed by atoms with Crippen LogP contribution in [0.3, 0.4) is 0 Å². The van der Waals surface area contributed by atoms with Crippen molar-refractivity contribution >= 4 is 33.3 Å². The van der Waals surface area contributed by atoms with Crippen LogP contribution in [-0.4, -0.2) is 22.7 Å². The summed E-state index contributed by atoms with van der Waals surface area (Å²) in [6, 6.07) is 0. The maximum absolute atomic E-state index is 13.1. The number of Topliss-reactive ketones (excluding diaryl/α,β-unsaturated/α-hetero) is 2. The van der Waals surface area contributed by atoms with Crippen molar-refractivity contribution in [1.82, 2.24) is 0 Å². The van der Waals surface area contributed by atoms with E-state index in [-0.39, 0.29) is 17.0 Å². The minimum absolute atomic E-state index is 0.161. The fourth-order valence-electron chi connectivity index (χ4n) is 6.63. The SMILES string of the molecule is C[C@]12CC[C@H]3[C@@H](CCC4=CC(=O)CCC43C(=O)CBr)[C@@H]1CCC2=O. The zero-order valence-corrected chi connectivity index (χ0v) is 15.9. The van der Waals surface area contributed by atoms with E-state index in [0.29, 0.717) is 48.1 Å². The van der Waals surface area contributed by atoms with Gasteiger partial charge < -0.3 is 0 Å². The molecule has 0 aliphatic heterocycles. The first-order valence-electron chi connectivity index (χ1n) is 9.30. The van der Waals surface area contributed by atoms with Crippen LogP contribution < -0.4 is 0 Å². The summed E-state index contributed by atoms with van der Waals surface area (Å²) in [6.07, 6.45) is 8.42. The lowest BCUT2D eigenvalue weighted by atomic mass is 9.46. The molecule has 4 aliphatic rings. The molecule has 1 unspecified atom stereocenters. The van der Waals surface area contributed by atoms with Gasteiger partial charge in [-0.2, -0.15) is 0 Å². The normalized spacial score (nSPS) is 44.4. The van der Waals surface area contributed by atoms with Crippen LogP contribution in [0, 0.1) is 28.6 Å². The Bertz CT molecular complexity index is 651. The zero-order chi connectivity index (χ0) is 17.1. The zero-order valence-electron chi connectivity index (χ0n) is 14.3. The van der Waals surface area contributed by atoms with Crippen molar-refractivity contribution in [3.05, 3.63) is 11.6 Å². The van der Waals surface area contributed by atoms with Gasteiger partial charge in [0.05, 0.1) is 10.7 Å². The minimum Gasteiger partial charge on any atom is -0.299 e. The monoisotopic (exact) mass is 392 g/mol. The van der Waals surface area contributed by atoms with Crippen molar-refractivity contribution in [2.24, 2.45) is 28.6 Å². The summed E-state index contributed by atoms with van der Waals surface area (Å²) < 4.78 is 0. The largest absolute Gasteiger partial charge is 0.299 e. The van der Waals surface area contributed by atoms with E-state index in [9.17, 15) is 14.4 Å². The Balaban J connectivity index is 1.78. The molecule has 3 nitrogen and oxygen atoms in total. The molecule has 5 atom stereocenters. The van der Waals surface area contributed by atoms with E-state index in [1.54, 1.807) is 6.08 Å². The summed E-state index contributed by atoms with van der Waals surface area (Å²) in [7, 11) is 0. The topological polar surface area (TPSA) is 51.2 Å². The van der Waals surface area contributed by atoms with Gasteiger partial charge in [-0.15, -0.1) is 0 Å². The smallest absolute Gasteiger partial charge is 0.155 e. The summed E-state index contributed by atoms with van der Waals surface area (Å²) in [5.41, 5.74) is 0.496. The third-order valence-corrected chi connectivity index (χ3v) is 8.33. The van der Waals surface area contributed by atoms with Gasteiger partial charge in [0.25, 0.3) is 0 Å². The first kappa shape index (κ1) is 16.7. The van der Waals surface area contributed by atoms with Gasteiger partial charge in [0, 0.05) is 18.3 Å². The van der Waals surface area contributed by atoms with Crippen LogP contribution >= 0.6 is 15.9 Å². The molecule has 3 fully saturated rings. The highest BCUT2D eigenvalue weighted by Crippen LogP contribution is 2.64. The molecule has 0 aromatic carbocycles. The highest BCUT2D eigenvalue weighted by Gasteiger charge is 2.61. The highest BCUT2D eigenvalue weighted by molar-refractivity contribution is 9.09. The first-order valence-corrected chi connectivity index (χ1v) is 10.4. The number of hydrogen-bond acceptors (Lipinski definition) is 3. The van der Waals surface area contributed by atoms with E-state index in [1.165, 1.54) is 0 Å². The van der Waals surface area contributed by atoms with Crippen LogP contribution in [0.15, 0.2) is 11.6 Å². The molecule has 0 bridgehead atoms. The Kier molecular flexibility index (Phi) is 3.91. The lowest BCUT2D eigenvalue weighted by Gasteiger charge is -2.57. The lowest BCUT2D eigenvalue weighted by Crippen LogP contribution is -2.55. The van der Waals surface area contributed by atoms with Crippen molar-refractivity contribution in [2.75, 3.05) is 5.33 Å². The van der Waals surface area contributed by atoms with Crippen LogP contribution in [0.25, 0.3) is 0 Å². The predicted molar refractivity (Wildman–Crippen MR) is 94.8 cm³/mol. The molecule has 0 amide bonds. The molecule has 4 aliphatic carbocycles. The van der Waals surface area contributed by atoms with Gasteiger partial charge in [-0.3, -0.25) is 14.4 Å². The van der Waals surface area contributed by atoms with E-state index in [0.717, 1.165) is 37.7 Å². The van der Waals surface area contributed by atoms with Gasteiger partial charge in [0.2, 0.25) is 0 Å². The second-order valence-corrected chi connectivity index (χ2v) is 9.06. The van der Waals surface area contributed by atoms with Gasteiger partial charge in [0.1, 0.15) is 5.78 Å². The summed E-state index contributed by atoms with van der Waals surface area (Å²) in [5, 5.41) is 0.364. The van der Waals surface area contributed by atoms with Gasteiger partial charge in [-0.1, -0.05) is 28.4 Å². The quantitative estimate of drug-likeness (QED) is 0.666. The molecule has 4 heteroatoms. The first-order chi connectivity index (χ1) is 11.4. The van der Waals surface area contributed by atoms with Crippen molar-refractivity contribution in [1.29, 1.82) is 0 Å². The van der Waals surface area contributed by atoms with E-state index >= 15 is 0 Å². The van der Waals surface area contributed by atoms with Gasteiger partial charge in [0.15, 0.2) is 11.6 Å². The molecule has 0 N–H and O–H groups in total. The molecular formula is C20H25BrO3. The fraction of sp³-hybridized carbons (Fsp3) is 0.750. The Labute approximate surface area is 151 Å². The van der Waals surface area contributed by atoms with E-state index in [1.807, 2.05) is 0 Å². The van der Waals surface area contributed by atoms with Crippen LogP contribution in [0.1, 0.15) is 58.3 Å². The second-order valence-electron chi connectivity index (χ2n) is 8.50. The van der Waals surface area contributed by atoms with Gasteiger partial charge >= 0.3 is 0 Å². The third-order valence-electron chi connectivity index (χ3n) is 7.82. The summed E-state index contributed by atoms with van der Waals surface area (Å²) in [4.78, 5) is 37.5. The van der Waals surface area contributed by atoms with E-state index in [2.05, 4.69) is 22.9 Å². The summed E-state index contributed by atoms with van der Waals surface area (Å²) >= 11 is 3.40. The maximum Gasteiger partial charge on any atom is 0.155 e. The Morgan fingerprint density at radius 3 is 2.67 bits per heavy atom. The van der Waals surface area contributed by atoms with Crippen molar-refractivity contribution < 1.29 is 14.4 Å². The number of carbonyl (C=O) groups excluding carboxylic acids is 3. The van der Waals surface area contributed by atoms with Crippen LogP contribution in [0.4, 0.5) is 0 Å². The Hall–Kier alpha value is -0.770. The molecule has 0 aromatic heterocycles. The van der Waals surface area contributed by atoms with Crippen molar-refractivity contribution in [2.45, 2.75) is 58.3 Å². The number of allylic oxidation sites excluding steroid dienone is 1. The molecular weight excluding hydrogens is 368 g/mol. The number of halogens is 1. The predicted octanol–water partition coefficient (Wildman–Crippen LogP) is 4.03. The van der Waals surface area contributed by atoms with Crippen LogP contribution in [-0.2, 0) is 14.4 Å². The fourth-order valence-corrected chi connectivity index (χ4v) is 7.13. The Morgan fingerprint density at radius 2 is 1.92 bits per heavy atom. The number of ketones is 3. The maximum atomic E-state index is 13.1. The molecule has 0 saturated heterocycles. The number of alkyl halides is 1. The molecule has 0 aromatic rings. The lowest BCUT2D eigenvalue weighted by molar-refractivity contribution is -0.140. The van der Waals surface area contributed by atoms with Crippen molar-refractivity contribution in [3.63, 3.8) is 0 Å². The molecule has 0 radical (unpaired) electrons.